The number of carbonyl (C=O) groups is 1. The first-order chi connectivity index (χ1) is 7.61. The van der Waals surface area contributed by atoms with Crippen molar-refractivity contribution >= 4 is 5.91 Å². The lowest BCUT2D eigenvalue weighted by Crippen LogP contribution is -2.30. The lowest BCUT2D eigenvalue weighted by atomic mass is 10.2. The van der Waals surface area contributed by atoms with Crippen LogP contribution in [0.15, 0.2) is 24.3 Å². The Kier molecular flexibility index (Phi) is 4.79. The van der Waals surface area contributed by atoms with E-state index in [0.717, 1.165) is 17.9 Å². The van der Waals surface area contributed by atoms with E-state index in [2.05, 4.69) is 5.32 Å². The largest absolute Gasteiger partial charge is 0.497 e. The van der Waals surface area contributed by atoms with E-state index in [0.29, 0.717) is 6.42 Å². The van der Waals surface area contributed by atoms with Gasteiger partial charge in [-0.2, -0.15) is 0 Å². The summed E-state index contributed by atoms with van der Waals surface area (Å²) >= 11 is 0. The minimum Gasteiger partial charge on any atom is -0.497 e. The molecule has 0 bridgehead atoms. The number of ether oxygens (including phenoxy) is 1. The number of nitrogens with two attached hydrogens (primary N) is 1. The Bertz CT molecular complexity index is 335. The molecule has 1 aromatic rings. The third kappa shape index (κ3) is 4.31. The molecule has 0 fully saturated rings. The third-order valence-corrected chi connectivity index (χ3v) is 2.32. The molecule has 0 heterocycles. The van der Waals surface area contributed by atoms with Crippen LogP contribution < -0.4 is 15.8 Å². The number of methoxy groups -OCH3 is 1. The van der Waals surface area contributed by atoms with Crippen LogP contribution in [0.4, 0.5) is 0 Å². The maximum absolute atomic E-state index is 10.7. The summed E-state index contributed by atoms with van der Waals surface area (Å²) in [6.07, 6.45) is 0.357. The lowest BCUT2D eigenvalue weighted by Gasteiger charge is -2.11. The first-order valence-electron chi connectivity index (χ1n) is 5.26. The van der Waals surface area contributed by atoms with Crippen molar-refractivity contribution in [3.63, 3.8) is 0 Å². The molecule has 1 unspecified atom stereocenters. The summed E-state index contributed by atoms with van der Waals surface area (Å²) in [5, 5.41) is 3.23. The minimum absolute atomic E-state index is 0.0969. The number of rotatable bonds is 6. The molecule has 3 N–H and O–H groups in total. The maximum Gasteiger partial charge on any atom is 0.218 e. The van der Waals surface area contributed by atoms with Gasteiger partial charge in [-0.25, -0.2) is 0 Å². The molecule has 0 spiro atoms. The molecule has 0 aromatic heterocycles. The second kappa shape index (κ2) is 6.12. The van der Waals surface area contributed by atoms with Crippen molar-refractivity contribution in [3.8, 4) is 5.75 Å². The Morgan fingerprint density at radius 3 is 2.56 bits per heavy atom. The Morgan fingerprint density at radius 1 is 1.44 bits per heavy atom. The molecular weight excluding hydrogens is 204 g/mol. The van der Waals surface area contributed by atoms with Crippen molar-refractivity contribution in [1.29, 1.82) is 0 Å². The van der Waals surface area contributed by atoms with Gasteiger partial charge < -0.3 is 15.8 Å². The van der Waals surface area contributed by atoms with Gasteiger partial charge in [0.15, 0.2) is 0 Å². The van der Waals surface area contributed by atoms with E-state index in [1.165, 1.54) is 0 Å². The van der Waals surface area contributed by atoms with Crippen molar-refractivity contribution in [2.24, 2.45) is 5.73 Å². The van der Waals surface area contributed by atoms with Gasteiger partial charge in [-0.3, -0.25) is 4.79 Å². The molecule has 0 aliphatic rings. The monoisotopic (exact) mass is 222 g/mol. The normalized spacial score (nSPS) is 12.1. The first-order valence-corrected chi connectivity index (χ1v) is 5.26. The van der Waals surface area contributed by atoms with Crippen LogP contribution in [0.1, 0.15) is 18.9 Å². The Morgan fingerprint density at radius 2 is 2.06 bits per heavy atom. The molecule has 1 amide bonds. The highest BCUT2D eigenvalue weighted by Crippen LogP contribution is 2.11. The third-order valence-electron chi connectivity index (χ3n) is 2.32. The second-order valence-corrected chi connectivity index (χ2v) is 3.80. The molecule has 1 atom stereocenters. The average Bonchev–Trinajstić information content (AvgIpc) is 2.26. The lowest BCUT2D eigenvalue weighted by molar-refractivity contribution is -0.118. The molecule has 1 rings (SSSR count). The molecule has 0 saturated heterocycles. The van der Waals surface area contributed by atoms with Crippen LogP contribution >= 0.6 is 0 Å². The molecule has 4 heteroatoms. The molecule has 1 aromatic carbocycles. The van der Waals surface area contributed by atoms with Gasteiger partial charge in [-0.15, -0.1) is 0 Å². The molecular formula is C12H18N2O2. The van der Waals surface area contributed by atoms with Crippen molar-refractivity contribution in [1.82, 2.24) is 5.32 Å². The number of primary amides is 1. The van der Waals surface area contributed by atoms with Crippen LogP contribution in [-0.2, 0) is 11.3 Å². The van der Waals surface area contributed by atoms with Crippen LogP contribution in [0, 0.1) is 0 Å². The van der Waals surface area contributed by atoms with Gasteiger partial charge in [0.2, 0.25) is 5.91 Å². The fourth-order valence-corrected chi connectivity index (χ4v) is 1.41. The van der Waals surface area contributed by atoms with Gasteiger partial charge in [0.1, 0.15) is 5.75 Å². The number of hydrogen-bond acceptors (Lipinski definition) is 3. The fourth-order valence-electron chi connectivity index (χ4n) is 1.41. The predicted molar refractivity (Wildman–Crippen MR) is 63.1 cm³/mol. The topological polar surface area (TPSA) is 64.3 Å². The summed E-state index contributed by atoms with van der Waals surface area (Å²) in [5.74, 6) is 0.559. The zero-order valence-corrected chi connectivity index (χ0v) is 9.69. The van der Waals surface area contributed by atoms with Crippen molar-refractivity contribution < 1.29 is 9.53 Å². The van der Waals surface area contributed by atoms with Gasteiger partial charge in [0.05, 0.1) is 7.11 Å². The maximum atomic E-state index is 10.7. The average molecular weight is 222 g/mol. The summed E-state index contributed by atoms with van der Waals surface area (Å²) in [7, 11) is 1.64. The number of nitrogens with one attached hydrogen (secondary N) is 1. The highest BCUT2D eigenvalue weighted by atomic mass is 16.5. The van der Waals surface area contributed by atoms with E-state index in [9.17, 15) is 4.79 Å². The Hall–Kier alpha value is -1.55. The van der Waals surface area contributed by atoms with Gasteiger partial charge in [0.25, 0.3) is 0 Å². The highest BCUT2D eigenvalue weighted by molar-refractivity contribution is 5.74. The van der Waals surface area contributed by atoms with E-state index in [1.807, 2.05) is 31.2 Å². The zero-order valence-electron chi connectivity index (χ0n) is 9.69. The van der Waals surface area contributed by atoms with Gasteiger partial charge in [-0.1, -0.05) is 12.1 Å². The molecule has 0 aliphatic carbocycles. The van der Waals surface area contributed by atoms with E-state index < -0.39 is 0 Å². The highest BCUT2D eigenvalue weighted by Gasteiger charge is 2.04. The number of carbonyl (C=O) groups excluding carboxylic acids is 1. The number of amides is 1. The van der Waals surface area contributed by atoms with Crippen LogP contribution in [-0.4, -0.2) is 19.1 Å². The summed E-state index contributed by atoms with van der Waals surface area (Å²) < 4.78 is 5.07. The number of hydrogen-bond donors (Lipinski definition) is 2. The quantitative estimate of drug-likeness (QED) is 0.756. The molecule has 4 nitrogen and oxygen atoms in total. The van der Waals surface area contributed by atoms with E-state index in [4.69, 9.17) is 10.5 Å². The van der Waals surface area contributed by atoms with Gasteiger partial charge >= 0.3 is 0 Å². The SMILES string of the molecule is COc1ccc(CNC(C)CC(N)=O)cc1. The van der Waals surface area contributed by atoms with E-state index in [1.54, 1.807) is 7.11 Å². The van der Waals surface area contributed by atoms with Crippen LogP contribution in [0.3, 0.4) is 0 Å². The predicted octanol–water partition coefficient (Wildman–Crippen LogP) is 1.05. The van der Waals surface area contributed by atoms with Crippen molar-refractivity contribution in [2.75, 3.05) is 7.11 Å². The molecule has 0 aliphatic heterocycles. The van der Waals surface area contributed by atoms with Gasteiger partial charge in [0, 0.05) is 19.0 Å². The van der Waals surface area contributed by atoms with Crippen molar-refractivity contribution in [3.05, 3.63) is 29.8 Å². The Balaban J connectivity index is 2.39. The zero-order chi connectivity index (χ0) is 12.0. The smallest absolute Gasteiger partial charge is 0.218 e. The first kappa shape index (κ1) is 12.5. The van der Waals surface area contributed by atoms with E-state index in [-0.39, 0.29) is 11.9 Å². The Labute approximate surface area is 95.8 Å². The summed E-state index contributed by atoms with van der Waals surface area (Å²) in [6.45, 7) is 2.66. The van der Waals surface area contributed by atoms with E-state index >= 15 is 0 Å². The molecule has 88 valence electrons. The van der Waals surface area contributed by atoms with Crippen LogP contribution in [0.5, 0.6) is 5.75 Å². The molecule has 0 radical (unpaired) electrons. The number of benzene rings is 1. The second-order valence-electron chi connectivity index (χ2n) is 3.80. The van der Waals surface area contributed by atoms with Crippen molar-refractivity contribution in [2.45, 2.75) is 25.9 Å². The standard InChI is InChI=1S/C12H18N2O2/c1-9(7-12(13)15)14-8-10-3-5-11(16-2)6-4-10/h3-6,9,14H,7-8H2,1-2H3,(H2,13,15). The van der Waals surface area contributed by atoms with Crippen LogP contribution in [0.2, 0.25) is 0 Å². The molecule has 0 saturated carbocycles. The minimum atomic E-state index is -0.283. The van der Waals surface area contributed by atoms with Crippen LogP contribution in [0.25, 0.3) is 0 Å². The fraction of sp³-hybridized carbons (Fsp3) is 0.417. The summed E-state index contributed by atoms with van der Waals surface area (Å²) in [6, 6.07) is 7.90. The summed E-state index contributed by atoms with van der Waals surface area (Å²) in [5.41, 5.74) is 6.25. The molecule has 16 heavy (non-hydrogen) atoms. The van der Waals surface area contributed by atoms with Gasteiger partial charge in [-0.05, 0) is 24.6 Å². The summed E-state index contributed by atoms with van der Waals surface area (Å²) in [4.78, 5) is 10.7.